The minimum absolute atomic E-state index is 0.591. The third-order valence-corrected chi connectivity index (χ3v) is 5.38. The quantitative estimate of drug-likeness (QED) is 0.434. The molecule has 0 saturated heterocycles. The molecule has 0 fully saturated rings. The molecular weight excluding hydrogens is 326 g/mol. The van der Waals surface area contributed by atoms with Crippen molar-refractivity contribution in [2.24, 2.45) is 0 Å². The monoisotopic (exact) mass is 347 g/mol. The van der Waals surface area contributed by atoms with Crippen molar-refractivity contribution in [1.82, 2.24) is 4.40 Å². The van der Waals surface area contributed by atoms with E-state index in [-0.39, 0.29) is 0 Å². The molecule has 3 heteroatoms. The van der Waals surface area contributed by atoms with Crippen molar-refractivity contribution in [3.05, 3.63) is 93.9 Å². The third kappa shape index (κ3) is 3.33. The molecule has 4 aromatic rings. The largest absolute Gasteiger partial charge is 0.487 e. The van der Waals surface area contributed by atoms with Crippen molar-refractivity contribution in [1.29, 1.82) is 0 Å². The molecule has 0 spiro atoms. The predicted octanol–water partition coefficient (Wildman–Crippen LogP) is 5.73. The van der Waals surface area contributed by atoms with E-state index in [1.54, 1.807) is 0 Å². The van der Waals surface area contributed by atoms with Gasteiger partial charge in [-0.05, 0) is 47.2 Å². The van der Waals surface area contributed by atoms with Gasteiger partial charge in [0.05, 0.1) is 5.52 Å². The Hall–Kier alpha value is -2.52. The summed E-state index contributed by atoms with van der Waals surface area (Å²) >= 11 is 1.82. The lowest BCUT2D eigenvalue weighted by molar-refractivity contribution is 0.309. The number of hydrogen-bond donors (Lipinski definition) is 0. The predicted molar refractivity (Wildman–Crippen MR) is 105 cm³/mol. The first-order valence-corrected chi connectivity index (χ1v) is 9.54. The molecule has 0 aliphatic heterocycles. The van der Waals surface area contributed by atoms with Crippen LogP contribution in [-0.4, -0.2) is 4.40 Å². The number of hydrogen-bond acceptors (Lipinski definition) is 2. The second-order valence-electron chi connectivity index (χ2n) is 6.13. The van der Waals surface area contributed by atoms with Gasteiger partial charge in [0.25, 0.3) is 0 Å². The molecule has 25 heavy (non-hydrogen) atoms. The topological polar surface area (TPSA) is 13.6 Å². The van der Waals surface area contributed by atoms with Gasteiger partial charge in [-0.25, -0.2) is 0 Å². The lowest BCUT2D eigenvalue weighted by Gasteiger charge is -2.09. The molecule has 0 aliphatic rings. The molecule has 0 radical (unpaired) electrons. The number of ether oxygens (including phenoxy) is 1. The van der Waals surface area contributed by atoms with Crippen LogP contribution in [-0.2, 0) is 19.4 Å². The van der Waals surface area contributed by atoms with Gasteiger partial charge in [-0.15, -0.1) is 11.3 Å². The van der Waals surface area contributed by atoms with Gasteiger partial charge in [0, 0.05) is 23.2 Å². The molecule has 0 unspecified atom stereocenters. The van der Waals surface area contributed by atoms with Gasteiger partial charge < -0.3 is 9.14 Å². The van der Waals surface area contributed by atoms with Crippen molar-refractivity contribution in [2.45, 2.75) is 26.4 Å². The number of pyridine rings is 1. The number of nitrogens with zero attached hydrogens (tertiary/aromatic N) is 1. The van der Waals surface area contributed by atoms with Crippen LogP contribution in [0.3, 0.4) is 0 Å². The smallest absolute Gasteiger partial charge is 0.143 e. The maximum atomic E-state index is 6.14. The standard InChI is InChI=1S/C22H21NOS/c1-2-18-14-21-22(24-16-17-8-4-3-5-9-17)11-6-12-23(21)20(18)15-19-10-7-13-25-19/h3-14H,2,15-16H2,1H3. The highest BCUT2D eigenvalue weighted by atomic mass is 32.1. The second-order valence-corrected chi connectivity index (χ2v) is 7.16. The Labute approximate surface area is 152 Å². The summed E-state index contributed by atoms with van der Waals surface area (Å²) in [6, 6.07) is 21.1. The van der Waals surface area contributed by atoms with E-state index in [4.69, 9.17) is 4.74 Å². The minimum Gasteiger partial charge on any atom is -0.487 e. The molecule has 126 valence electrons. The number of fused-ring (bicyclic) bond motifs is 1. The average molecular weight is 347 g/mol. The zero-order chi connectivity index (χ0) is 17.1. The van der Waals surface area contributed by atoms with Crippen molar-refractivity contribution in [3.63, 3.8) is 0 Å². The molecular formula is C22H21NOS. The van der Waals surface area contributed by atoms with Crippen molar-refractivity contribution in [3.8, 4) is 5.75 Å². The fourth-order valence-electron chi connectivity index (χ4n) is 3.22. The summed E-state index contributed by atoms with van der Waals surface area (Å²) in [5.41, 5.74) is 5.10. The molecule has 0 bridgehead atoms. The van der Waals surface area contributed by atoms with E-state index in [0.29, 0.717) is 6.61 Å². The van der Waals surface area contributed by atoms with Crippen LogP contribution in [0, 0.1) is 0 Å². The molecule has 0 N–H and O–H groups in total. The van der Waals surface area contributed by atoms with Crippen LogP contribution < -0.4 is 4.74 Å². The maximum absolute atomic E-state index is 6.14. The van der Waals surface area contributed by atoms with Gasteiger partial charge in [-0.1, -0.05) is 43.3 Å². The lowest BCUT2D eigenvalue weighted by Crippen LogP contribution is -1.99. The molecule has 4 rings (SSSR count). The van der Waals surface area contributed by atoms with Crippen LogP contribution in [0.4, 0.5) is 0 Å². The van der Waals surface area contributed by atoms with E-state index in [9.17, 15) is 0 Å². The molecule has 0 aliphatic carbocycles. The van der Waals surface area contributed by atoms with Crippen LogP contribution in [0.1, 0.15) is 28.6 Å². The van der Waals surface area contributed by atoms with E-state index < -0.39 is 0 Å². The lowest BCUT2D eigenvalue weighted by atomic mass is 10.1. The number of rotatable bonds is 6. The minimum atomic E-state index is 0.591. The maximum Gasteiger partial charge on any atom is 0.143 e. The van der Waals surface area contributed by atoms with Gasteiger partial charge >= 0.3 is 0 Å². The fourth-order valence-corrected chi connectivity index (χ4v) is 3.93. The summed E-state index contributed by atoms with van der Waals surface area (Å²) in [4.78, 5) is 1.39. The summed E-state index contributed by atoms with van der Waals surface area (Å²) in [6.07, 6.45) is 4.14. The zero-order valence-corrected chi connectivity index (χ0v) is 15.1. The highest BCUT2D eigenvalue weighted by Crippen LogP contribution is 2.28. The van der Waals surface area contributed by atoms with Crippen LogP contribution in [0.15, 0.2) is 72.2 Å². The summed E-state index contributed by atoms with van der Waals surface area (Å²) in [7, 11) is 0. The van der Waals surface area contributed by atoms with Crippen LogP contribution >= 0.6 is 11.3 Å². The third-order valence-electron chi connectivity index (χ3n) is 4.51. The second kappa shape index (κ2) is 7.16. The Morgan fingerprint density at radius 3 is 2.64 bits per heavy atom. The van der Waals surface area contributed by atoms with Gasteiger partial charge in [0.15, 0.2) is 0 Å². The van der Waals surface area contributed by atoms with Gasteiger partial charge in [-0.2, -0.15) is 0 Å². The van der Waals surface area contributed by atoms with E-state index in [0.717, 1.165) is 24.1 Å². The first-order chi connectivity index (χ1) is 12.3. The van der Waals surface area contributed by atoms with Crippen molar-refractivity contribution < 1.29 is 4.74 Å². The molecule has 3 heterocycles. The molecule has 0 atom stereocenters. The molecule has 3 aromatic heterocycles. The van der Waals surface area contributed by atoms with E-state index in [2.05, 4.69) is 65.4 Å². The molecule has 1 aromatic carbocycles. The molecule has 0 amide bonds. The highest BCUT2D eigenvalue weighted by molar-refractivity contribution is 7.09. The Morgan fingerprint density at radius 1 is 1.00 bits per heavy atom. The number of benzene rings is 1. The first kappa shape index (κ1) is 16.0. The summed E-state index contributed by atoms with van der Waals surface area (Å²) < 4.78 is 8.43. The Morgan fingerprint density at radius 2 is 1.88 bits per heavy atom. The van der Waals surface area contributed by atoms with Crippen LogP contribution in [0.2, 0.25) is 0 Å². The fraction of sp³-hybridized carbons (Fsp3) is 0.182. The average Bonchev–Trinajstić information content (AvgIpc) is 3.29. The van der Waals surface area contributed by atoms with Crippen molar-refractivity contribution in [2.75, 3.05) is 0 Å². The molecule has 2 nitrogen and oxygen atoms in total. The SMILES string of the molecule is CCc1cc2c(OCc3ccccc3)cccn2c1Cc1cccs1. The van der Waals surface area contributed by atoms with Gasteiger partial charge in [-0.3, -0.25) is 0 Å². The summed E-state index contributed by atoms with van der Waals surface area (Å²) in [5.74, 6) is 0.943. The number of aryl methyl sites for hydroxylation is 1. The summed E-state index contributed by atoms with van der Waals surface area (Å²) in [5, 5.41) is 2.14. The Balaban J connectivity index is 1.68. The van der Waals surface area contributed by atoms with E-state index >= 15 is 0 Å². The number of thiophene rings is 1. The molecule has 0 saturated carbocycles. The van der Waals surface area contributed by atoms with Gasteiger partial charge in [0.2, 0.25) is 0 Å². The summed E-state index contributed by atoms with van der Waals surface area (Å²) in [6.45, 7) is 2.81. The highest BCUT2D eigenvalue weighted by Gasteiger charge is 2.13. The Bertz CT molecular complexity index is 955. The van der Waals surface area contributed by atoms with Crippen LogP contribution in [0.25, 0.3) is 5.52 Å². The first-order valence-electron chi connectivity index (χ1n) is 8.66. The zero-order valence-electron chi connectivity index (χ0n) is 14.3. The van der Waals surface area contributed by atoms with Crippen LogP contribution in [0.5, 0.6) is 5.75 Å². The Kier molecular flexibility index (Phi) is 4.57. The van der Waals surface area contributed by atoms with E-state index in [1.807, 2.05) is 29.5 Å². The van der Waals surface area contributed by atoms with Crippen molar-refractivity contribution >= 4 is 16.9 Å². The van der Waals surface area contributed by atoms with Gasteiger partial charge in [0.1, 0.15) is 12.4 Å². The van der Waals surface area contributed by atoms with E-state index in [1.165, 1.54) is 21.7 Å². The number of aromatic nitrogens is 1. The normalized spacial score (nSPS) is 11.1.